The normalized spacial score (nSPS) is 37.6. The van der Waals surface area contributed by atoms with Crippen LogP contribution in [0.15, 0.2) is 0 Å². The van der Waals surface area contributed by atoms with E-state index in [4.69, 9.17) is 0 Å². The lowest BCUT2D eigenvalue weighted by atomic mass is 9.78. The molecule has 0 radical (unpaired) electrons. The standard InChI is InChI=1S/C14H26NO/c1-11(2)13(16)9-14-5-7-15(10-14,8-6-14)12(3)4/h11-12H,5-10H2,1-4H3/q+1. The van der Waals surface area contributed by atoms with Crippen molar-refractivity contribution in [2.45, 2.75) is 53.0 Å². The molecule has 2 fully saturated rings. The average molecular weight is 224 g/mol. The van der Waals surface area contributed by atoms with Crippen LogP contribution in [0.2, 0.25) is 0 Å². The molecule has 0 aromatic heterocycles. The fourth-order valence-corrected chi connectivity index (χ4v) is 3.65. The van der Waals surface area contributed by atoms with Gasteiger partial charge in [0.2, 0.25) is 0 Å². The Morgan fingerprint density at radius 1 is 1.19 bits per heavy atom. The van der Waals surface area contributed by atoms with Crippen LogP contribution in [0.5, 0.6) is 0 Å². The van der Waals surface area contributed by atoms with Crippen LogP contribution in [-0.2, 0) is 4.79 Å². The van der Waals surface area contributed by atoms with Gasteiger partial charge in [-0.3, -0.25) is 4.79 Å². The molecule has 0 amide bonds. The number of rotatable bonds is 4. The zero-order valence-corrected chi connectivity index (χ0v) is 11.3. The second kappa shape index (κ2) is 3.83. The van der Waals surface area contributed by atoms with Gasteiger partial charge in [0.1, 0.15) is 5.78 Å². The van der Waals surface area contributed by atoms with Crippen LogP contribution in [0.4, 0.5) is 0 Å². The van der Waals surface area contributed by atoms with Gasteiger partial charge in [-0.1, -0.05) is 13.8 Å². The molecule has 2 aliphatic heterocycles. The Hall–Kier alpha value is -0.370. The molecule has 0 aliphatic carbocycles. The predicted molar refractivity (Wildman–Crippen MR) is 66.1 cm³/mol. The third kappa shape index (κ3) is 1.81. The summed E-state index contributed by atoms with van der Waals surface area (Å²) in [4.78, 5) is 11.9. The summed E-state index contributed by atoms with van der Waals surface area (Å²) in [5.41, 5.74) is 0.381. The topological polar surface area (TPSA) is 17.1 Å². The van der Waals surface area contributed by atoms with E-state index in [1.165, 1.54) is 37.0 Å². The summed E-state index contributed by atoms with van der Waals surface area (Å²) in [5.74, 6) is 0.696. The smallest absolute Gasteiger partial charge is 0.136 e. The highest BCUT2D eigenvalue weighted by molar-refractivity contribution is 5.81. The van der Waals surface area contributed by atoms with Crippen molar-refractivity contribution in [3.63, 3.8) is 0 Å². The molecule has 2 rings (SSSR count). The lowest BCUT2D eigenvalue weighted by Crippen LogP contribution is -2.49. The number of fused-ring (bicyclic) bond motifs is 2. The number of carbonyl (C=O) groups is 1. The Labute approximate surface area is 99.6 Å². The second-order valence-electron chi connectivity index (χ2n) is 6.72. The molecule has 92 valence electrons. The van der Waals surface area contributed by atoms with E-state index in [2.05, 4.69) is 13.8 Å². The van der Waals surface area contributed by atoms with E-state index >= 15 is 0 Å². The first-order valence-electron chi connectivity index (χ1n) is 6.78. The number of hydrogen-bond acceptors (Lipinski definition) is 1. The molecule has 0 N–H and O–H groups in total. The fourth-order valence-electron chi connectivity index (χ4n) is 3.65. The fraction of sp³-hybridized carbons (Fsp3) is 0.929. The van der Waals surface area contributed by atoms with Gasteiger partial charge in [-0.15, -0.1) is 0 Å². The summed E-state index contributed by atoms with van der Waals surface area (Å²) in [6.45, 7) is 12.6. The third-order valence-electron chi connectivity index (χ3n) is 5.11. The number of quaternary nitrogens is 1. The summed E-state index contributed by atoms with van der Waals surface area (Å²) in [5, 5.41) is 0. The SMILES string of the molecule is CC(C)C(=O)CC12CC[N+](C(C)C)(CC1)C2. The van der Waals surface area contributed by atoms with Crippen molar-refractivity contribution in [1.82, 2.24) is 0 Å². The molecule has 0 spiro atoms. The van der Waals surface area contributed by atoms with Crippen LogP contribution < -0.4 is 0 Å². The number of piperidine rings is 1. The highest BCUT2D eigenvalue weighted by Crippen LogP contribution is 2.49. The summed E-state index contributed by atoms with van der Waals surface area (Å²) >= 11 is 0. The van der Waals surface area contributed by atoms with Crippen LogP contribution in [0.3, 0.4) is 0 Å². The molecule has 2 saturated heterocycles. The molecule has 2 aliphatic rings. The Bertz CT molecular complexity index is 285. The Kier molecular flexibility index (Phi) is 2.90. The van der Waals surface area contributed by atoms with Gasteiger partial charge in [-0.25, -0.2) is 0 Å². The first-order valence-corrected chi connectivity index (χ1v) is 6.78. The Morgan fingerprint density at radius 2 is 1.75 bits per heavy atom. The van der Waals surface area contributed by atoms with E-state index < -0.39 is 0 Å². The van der Waals surface area contributed by atoms with E-state index in [0.717, 1.165) is 12.5 Å². The van der Waals surface area contributed by atoms with Crippen molar-refractivity contribution < 1.29 is 9.28 Å². The van der Waals surface area contributed by atoms with Gasteiger partial charge in [-0.05, 0) is 13.8 Å². The molecule has 0 atom stereocenters. The second-order valence-corrected chi connectivity index (χ2v) is 6.72. The summed E-state index contributed by atoms with van der Waals surface area (Å²) < 4.78 is 1.28. The molecule has 0 aromatic carbocycles. The maximum Gasteiger partial charge on any atom is 0.136 e. The summed E-state index contributed by atoms with van der Waals surface area (Å²) in [7, 11) is 0. The third-order valence-corrected chi connectivity index (χ3v) is 5.11. The van der Waals surface area contributed by atoms with E-state index in [-0.39, 0.29) is 5.92 Å². The maximum atomic E-state index is 11.9. The van der Waals surface area contributed by atoms with Gasteiger partial charge in [-0.2, -0.15) is 0 Å². The van der Waals surface area contributed by atoms with E-state index in [9.17, 15) is 4.79 Å². The van der Waals surface area contributed by atoms with Gasteiger partial charge in [0.15, 0.2) is 0 Å². The zero-order valence-electron chi connectivity index (χ0n) is 11.3. The number of nitrogens with zero attached hydrogens (tertiary/aromatic N) is 1. The average Bonchev–Trinajstić information content (AvgIpc) is 2.74. The summed E-state index contributed by atoms with van der Waals surface area (Å²) in [6.07, 6.45) is 3.41. The summed E-state index contributed by atoms with van der Waals surface area (Å²) in [6, 6.07) is 0.735. The molecule has 2 bridgehead atoms. The first kappa shape index (κ1) is 12.1. The van der Waals surface area contributed by atoms with Gasteiger partial charge in [0.25, 0.3) is 0 Å². The van der Waals surface area contributed by atoms with Crippen molar-refractivity contribution in [2.75, 3.05) is 19.6 Å². The first-order chi connectivity index (χ1) is 7.39. The maximum absolute atomic E-state index is 11.9. The van der Waals surface area contributed by atoms with E-state index in [0.29, 0.717) is 11.2 Å². The molecule has 0 aromatic rings. The van der Waals surface area contributed by atoms with Crippen LogP contribution >= 0.6 is 0 Å². The molecule has 0 saturated carbocycles. The number of ketones is 1. The van der Waals surface area contributed by atoms with Gasteiger partial charge >= 0.3 is 0 Å². The van der Waals surface area contributed by atoms with Crippen LogP contribution in [0, 0.1) is 11.3 Å². The lowest BCUT2D eigenvalue weighted by Gasteiger charge is -2.35. The Morgan fingerprint density at radius 3 is 2.12 bits per heavy atom. The minimum absolute atomic E-state index is 0.219. The van der Waals surface area contributed by atoms with Crippen molar-refractivity contribution in [2.24, 2.45) is 11.3 Å². The van der Waals surface area contributed by atoms with Crippen molar-refractivity contribution in [3.8, 4) is 0 Å². The quantitative estimate of drug-likeness (QED) is 0.671. The van der Waals surface area contributed by atoms with Crippen molar-refractivity contribution in [1.29, 1.82) is 0 Å². The molecule has 16 heavy (non-hydrogen) atoms. The van der Waals surface area contributed by atoms with Crippen molar-refractivity contribution in [3.05, 3.63) is 0 Å². The minimum Gasteiger partial charge on any atom is -0.321 e. The lowest BCUT2D eigenvalue weighted by molar-refractivity contribution is -0.929. The van der Waals surface area contributed by atoms with E-state index in [1.807, 2.05) is 13.8 Å². The van der Waals surface area contributed by atoms with Crippen molar-refractivity contribution >= 4 is 5.78 Å². The minimum atomic E-state index is 0.219. The molecular formula is C14H26NO+. The van der Waals surface area contributed by atoms with Gasteiger partial charge < -0.3 is 4.48 Å². The molecule has 2 heterocycles. The molecule has 2 heteroatoms. The largest absolute Gasteiger partial charge is 0.321 e. The number of carbonyl (C=O) groups excluding carboxylic acids is 1. The molecular weight excluding hydrogens is 198 g/mol. The highest BCUT2D eigenvalue weighted by atomic mass is 16.1. The number of hydrogen-bond donors (Lipinski definition) is 0. The Balaban J connectivity index is 2.06. The van der Waals surface area contributed by atoms with Crippen LogP contribution in [0.25, 0.3) is 0 Å². The monoisotopic (exact) mass is 224 g/mol. The van der Waals surface area contributed by atoms with Crippen LogP contribution in [0.1, 0.15) is 47.0 Å². The predicted octanol–water partition coefficient (Wildman–Crippen LogP) is 2.62. The number of Topliss-reactive ketones (excluding diaryl/α,β-unsaturated/α-hetero) is 1. The molecule has 0 unspecified atom stereocenters. The van der Waals surface area contributed by atoms with Crippen LogP contribution in [-0.4, -0.2) is 35.9 Å². The highest BCUT2D eigenvalue weighted by Gasteiger charge is 2.56. The zero-order chi connectivity index (χ0) is 12.0. The van der Waals surface area contributed by atoms with Gasteiger partial charge in [0.05, 0.1) is 25.7 Å². The molecule has 2 nitrogen and oxygen atoms in total. The van der Waals surface area contributed by atoms with E-state index in [1.54, 1.807) is 0 Å². The van der Waals surface area contributed by atoms with Gasteiger partial charge in [0, 0.05) is 30.6 Å².